The van der Waals surface area contributed by atoms with Gasteiger partial charge in [-0.05, 0) is 13.0 Å². The summed E-state index contributed by atoms with van der Waals surface area (Å²) in [7, 11) is 1.59. The van der Waals surface area contributed by atoms with Crippen molar-refractivity contribution in [3.8, 4) is 5.88 Å². The Hall–Kier alpha value is -1.58. The van der Waals surface area contributed by atoms with E-state index in [1.807, 2.05) is 19.1 Å². The molecule has 0 unspecified atom stereocenters. The molecule has 13 heavy (non-hydrogen) atoms. The van der Waals surface area contributed by atoms with E-state index in [4.69, 9.17) is 10.6 Å². The predicted molar refractivity (Wildman–Crippen MR) is 51.8 cm³/mol. The molecule has 0 saturated heterocycles. The number of pyridine rings is 1. The van der Waals surface area contributed by atoms with Gasteiger partial charge in [-0.25, -0.2) is 4.98 Å². The van der Waals surface area contributed by atoms with Crippen molar-refractivity contribution in [2.24, 2.45) is 10.9 Å². The maximum Gasteiger partial charge on any atom is 0.213 e. The highest BCUT2D eigenvalue weighted by molar-refractivity contribution is 5.83. The summed E-state index contributed by atoms with van der Waals surface area (Å²) in [6, 6.07) is 5.61. The Balaban J connectivity index is 2.77. The van der Waals surface area contributed by atoms with Crippen molar-refractivity contribution in [1.82, 2.24) is 4.98 Å². The van der Waals surface area contributed by atoms with E-state index in [1.54, 1.807) is 13.2 Å². The average Bonchev–Trinajstić information content (AvgIpc) is 2.18. The highest BCUT2D eigenvalue weighted by Gasteiger charge is 1.98. The summed E-state index contributed by atoms with van der Waals surface area (Å²) in [5, 5.41) is 3.58. The minimum atomic E-state index is 0.613. The maximum atomic E-state index is 5.12. The lowest BCUT2D eigenvalue weighted by molar-refractivity contribution is 0.396. The van der Waals surface area contributed by atoms with Gasteiger partial charge in [0.15, 0.2) is 0 Å². The normalized spacial score (nSPS) is 11.4. The van der Waals surface area contributed by atoms with Crippen molar-refractivity contribution in [3.05, 3.63) is 23.9 Å². The molecule has 1 heterocycles. The lowest BCUT2D eigenvalue weighted by Gasteiger charge is -2.01. The molecule has 4 heteroatoms. The summed E-state index contributed by atoms with van der Waals surface area (Å²) >= 11 is 0. The van der Waals surface area contributed by atoms with Crippen molar-refractivity contribution < 1.29 is 4.74 Å². The van der Waals surface area contributed by atoms with Crippen LogP contribution in [0.25, 0.3) is 0 Å². The molecule has 4 nitrogen and oxygen atoms in total. The molecule has 0 aromatic carbocycles. The molecule has 1 aromatic rings. The fourth-order valence-corrected chi connectivity index (χ4v) is 0.977. The Morgan fingerprint density at radius 1 is 1.62 bits per heavy atom. The van der Waals surface area contributed by atoms with Gasteiger partial charge in [-0.1, -0.05) is 6.07 Å². The van der Waals surface area contributed by atoms with E-state index in [-0.39, 0.29) is 0 Å². The zero-order valence-corrected chi connectivity index (χ0v) is 7.82. The van der Waals surface area contributed by atoms with Crippen molar-refractivity contribution >= 4 is 5.71 Å². The molecule has 0 aliphatic carbocycles. The largest absolute Gasteiger partial charge is 0.481 e. The van der Waals surface area contributed by atoms with Crippen LogP contribution in [-0.4, -0.2) is 17.8 Å². The summed E-state index contributed by atoms with van der Waals surface area (Å²) in [5.74, 6) is 5.73. The monoisotopic (exact) mass is 179 g/mol. The fourth-order valence-electron chi connectivity index (χ4n) is 0.977. The summed E-state index contributed by atoms with van der Waals surface area (Å²) < 4.78 is 4.99. The van der Waals surface area contributed by atoms with E-state index in [2.05, 4.69) is 10.1 Å². The van der Waals surface area contributed by atoms with Crippen LogP contribution in [-0.2, 0) is 6.42 Å². The molecule has 0 bridgehead atoms. The van der Waals surface area contributed by atoms with Gasteiger partial charge in [0, 0.05) is 18.2 Å². The van der Waals surface area contributed by atoms with Crippen LogP contribution >= 0.6 is 0 Å². The average molecular weight is 179 g/mol. The molecule has 70 valence electrons. The van der Waals surface area contributed by atoms with Crippen LogP contribution in [0.4, 0.5) is 0 Å². The number of nitrogens with zero attached hydrogens (tertiary/aromatic N) is 2. The van der Waals surface area contributed by atoms with Crippen LogP contribution in [0.1, 0.15) is 12.6 Å². The molecule has 0 aliphatic heterocycles. The summed E-state index contributed by atoms with van der Waals surface area (Å²) in [6.07, 6.45) is 0.660. The molecule has 0 amide bonds. The SMILES string of the molecule is COc1cccc(C/C(C)=N/N)n1. The van der Waals surface area contributed by atoms with Crippen LogP contribution in [0, 0.1) is 0 Å². The molecule has 1 rings (SSSR count). The van der Waals surface area contributed by atoms with Gasteiger partial charge >= 0.3 is 0 Å². The number of nitrogens with two attached hydrogens (primary N) is 1. The zero-order valence-electron chi connectivity index (χ0n) is 7.82. The third kappa shape index (κ3) is 2.74. The maximum absolute atomic E-state index is 5.12. The standard InChI is InChI=1S/C9H13N3O/c1-7(12-10)6-8-4-3-5-9(11-8)13-2/h3-5H,6,10H2,1-2H3/b12-7+. The molecule has 0 aliphatic rings. The summed E-state index contributed by atoms with van der Waals surface area (Å²) in [6.45, 7) is 1.86. The molecule has 0 fully saturated rings. The van der Waals surface area contributed by atoms with Gasteiger partial charge in [0.2, 0.25) is 5.88 Å². The van der Waals surface area contributed by atoms with Gasteiger partial charge in [0.1, 0.15) is 0 Å². The van der Waals surface area contributed by atoms with Crippen molar-refractivity contribution in [2.75, 3.05) is 7.11 Å². The lowest BCUT2D eigenvalue weighted by Crippen LogP contribution is -2.03. The van der Waals surface area contributed by atoms with Crippen molar-refractivity contribution in [2.45, 2.75) is 13.3 Å². The molecule has 2 N–H and O–H groups in total. The highest BCUT2D eigenvalue weighted by Crippen LogP contribution is 2.07. The second-order valence-corrected chi connectivity index (χ2v) is 2.71. The van der Waals surface area contributed by atoms with Crippen molar-refractivity contribution in [1.29, 1.82) is 0 Å². The first-order valence-corrected chi connectivity index (χ1v) is 3.99. The number of ether oxygens (including phenoxy) is 1. The van der Waals surface area contributed by atoms with E-state index in [0.29, 0.717) is 12.3 Å². The van der Waals surface area contributed by atoms with E-state index >= 15 is 0 Å². The number of hydrogen-bond acceptors (Lipinski definition) is 4. The van der Waals surface area contributed by atoms with E-state index in [1.165, 1.54) is 0 Å². The number of hydrazone groups is 1. The van der Waals surface area contributed by atoms with Gasteiger partial charge in [0.05, 0.1) is 12.8 Å². The molecule has 1 aromatic heterocycles. The van der Waals surface area contributed by atoms with Crippen LogP contribution < -0.4 is 10.6 Å². The van der Waals surface area contributed by atoms with E-state index in [9.17, 15) is 0 Å². The third-order valence-electron chi connectivity index (χ3n) is 1.65. The van der Waals surface area contributed by atoms with Crippen LogP contribution in [0.3, 0.4) is 0 Å². The number of hydrogen-bond donors (Lipinski definition) is 1. The molecule has 0 spiro atoms. The quantitative estimate of drug-likeness (QED) is 0.427. The minimum absolute atomic E-state index is 0.613. The minimum Gasteiger partial charge on any atom is -0.481 e. The molecule has 0 saturated carbocycles. The number of aromatic nitrogens is 1. The second-order valence-electron chi connectivity index (χ2n) is 2.71. The fraction of sp³-hybridized carbons (Fsp3) is 0.333. The second kappa shape index (κ2) is 4.45. The molecular weight excluding hydrogens is 166 g/mol. The Morgan fingerprint density at radius 3 is 3.00 bits per heavy atom. The van der Waals surface area contributed by atoms with Crippen LogP contribution in [0.15, 0.2) is 23.3 Å². The van der Waals surface area contributed by atoms with Crippen LogP contribution in [0.5, 0.6) is 5.88 Å². The van der Waals surface area contributed by atoms with Gasteiger partial charge in [-0.15, -0.1) is 0 Å². The number of rotatable bonds is 3. The van der Waals surface area contributed by atoms with E-state index in [0.717, 1.165) is 11.4 Å². The van der Waals surface area contributed by atoms with Gasteiger partial charge < -0.3 is 10.6 Å². The molecular formula is C9H13N3O. The molecule has 0 radical (unpaired) electrons. The predicted octanol–water partition coefficient (Wildman–Crippen LogP) is 0.967. The Morgan fingerprint density at radius 2 is 2.38 bits per heavy atom. The van der Waals surface area contributed by atoms with Crippen LogP contribution in [0.2, 0.25) is 0 Å². The Labute approximate surface area is 77.4 Å². The van der Waals surface area contributed by atoms with Gasteiger partial charge in [-0.3, -0.25) is 0 Å². The van der Waals surface area contributed by atoms with Gasteiger partial charge in [0.25, 0.3) is 0 Å². The van der Waals surface area contributed by atoms with E-state index < -0.39 is 0 Å². The summed E-state index contributed by atoms with van der Waals surface area (Å²) in [4.78, 5) is 4.22. The molecule has 0 atom stereocenters. The van der Waals surface area contributed by atoms with Gasteiger partial charge in [-0.2, -0.15) is 5.10 Å². The third-order valence-corrected chi connectivity index (χ3v) is 1.65. The highest BCUT2D eigenvalue weighted by atomic mass is 16.5. The Bertz CT molecular complexity index is 309. The van der Waals surface area contributed by atoms with Crippen molar-refractivity contribution in [3.63, 3.8) is 0 Å². The first-order chi connectivity index (χ1) is 6.26. The summed E-state index contributed by atoms with van der Waals surface area (Å²) in [5.41, 5.74) is 1.76. The smallest absolute Gasteiger partial charge is 0.213 e. The lowest BCUT2D eigenvalue weighted by atomic mass is 10.2. The Kier molecular flexibility index (Phi) is 3.25. The first kappa shape index (κ1) is 9.51. The first-order valence-electron chi connectivity index (χ1n) is 3.99. The zero-order chi connectivity index (χ0) is 9.68. The topological polar surface area (TPSA) is 60.5 Å². The number of methoxy groups -OCH3 is 1.